The second-order valence-corrected chi connectivity index (χ2v) is 7.73. The highest BCUT2D eigenvalue weighted by molar-refractivity contribution is 7.89. The molecule has 0 radical (unpaired) electrons. The van der Waals surface area contributed by atoms with Crippen LogP contribution in [0.15, 0.2) is 23.1 Å². The maximum Gasteiger partial charge on any atom is 0.240 e. The molecule has 0 aromatic heterocycles. The molecule has 1 aliphatic carbocycles. The predicted molar refractivity (Wildman–Crippen MR) is 75.8 cm³/mol. The molecule has 1 spiro atoms. The molecule has 1 heterocycles. The van der Waals surface area contributed by atoms with Gasteiger partial charge >= 0.3 is 0 Å². The Labute approximate surface area is 119 Å². The van der Waals surface area contributed by atoms with E-state index in [0.717, 1.165) is 25.6 Å². The molecule has 1 saturated carbocycles. The number of nitrogens with one attached hydrogen (secondary N) is 1. The number of halogens is 1. The molecule has 1 aliphatic heterocycles. The molecule has 20 heavy (non-hydrogen) atoms. The van der Waals surface area contributed by atoms with Gasteiger partial charge < -0.3 is 4.90 Å². The summed E-state index contributed by atoms with van der Waals surface area (Å²) in [6, 6.07) is 4.16. The fourth-order valence-electron chi connectivity index (χ4n) is 3.03. The highest BCUT2D eigenvalue weighted by atomic mass is 32.2. The molecule has 2 fully saturated rings. The van der Waals surface area contributed by atoms with Crippen LogP contribution < -0.4 is 9.62 Å². The zero-order valence-electron chi connectivity index (χ0n) is 11.5. The Morgan fingerprint density at radius 3 is 2.65 bits per heavy atom. The topological polar surface area (TPSA) is 49.4 Å². The molecule has 0 atom stereocenters. The first-order chi connectivity index (χ1) is 9.46. The Morgan fingerprint density at radius 1 is 1.30 bits per heavy atom. The molecule has 3 rings (SSSR count). The van der Waals surface area contributed by atoms with Crippen LogP contribution in [-0.4, -0.2) is 28.6 Å². The van der Waals surface area contributed by atoms with Crippen molar-refractivity contribution in [3.8, 4) is 0 Å². The smallest absolute Gasteiger partial charge is 0.240 e. The van der Waals surface area contributed by atoms with Gasteiger partial charge in [-0.3, -0.25) is 0 Å². The van der Waals surface area contributed by atoms with Crippen molar-refractivity contribution in [2.45, 2.75) is 30.6 Å². The van der Waals surface area contributed by atoms with Crippen LogP contribution in [0, 0.1) is 11.2 Å². The van der Waals surface area contributed by atoms with E-state index in [-0.39, 0.29) is 4.90 Å². The molecule has 1 aromatic carbocycles. The Balaban J connectivity index is 1.88. The normalized spacial score (nSPS) is 21.2. The minimum atomic E-state index is -3.59. The number of nitrogens with zero attached hydrogens (tertiary/aromatic N) is 1. The standard InChI is InChI=1S/C14H19FN2O2S/c1-16-20(18,19)11-3-4-13(12(15)9-11)17-8-2-5-14(10-17)6-7-14/h3-4,9,16H,2,5-8,10H2,1H3. The number of hydrogen-bond acceptors (Lipinski definition) is 3. The monoisotopic (exact) mass is 298 g/mol. The number of benzene rings is 1. The first-order valence-corrected chi connectivity index (χ1v) is 8.42. The zero-order chi connectivity index (χ0) is 14.4. The molecule has 4 nitrogen and oxygen atoms in total. The third-order valence-electron chi connectivity index (χ3n) is 4.46. The highest BCUT2D eigenvalue weighted by Crippen LogP contribution is 2.52. The van der Waals surface area contributed by atoms with Gasteiger partial charge in [-0.05, 0) is 56.3 Å². The van der Waals surface area contributed by atoms with Gasteiger partial charge in [0.05, 0.1) is 10.6 Å². The predicted octanol–water partition coefficient (Wildman–Crippen LogP) is 2.11. The van der Waals surface area contributed by atoms with E-state index in [4.69, 9.17) is 0 Å². The summed E-state index contributed by atoms with van der Waals surface area (Å²) >= 11 is 0. The van der Waals surface area contributed by atoms with E-state index in [0.29, 0.717) is 11.1 Å². The Morgan fingerprint density at radius 2 is 2.05 bits per heavy atom. The van der Waals surface area contributed by atoms with Crippen LogP contribution in [0.25, 0.3) is 0 Å². The summed E-state index contributed by atoms with van der Waals surface area (Å²) in [4.78, 5) is 2.03. The van der Waals surface area contributed by atoms with Crippen LogP contribution in [0.2, 0.25) is 0 Å². The lowest BCUT2D eigenvalue weighted by Crippen LogP contribution is -2.37. The van der Waals surface area contributed by atoms with Crippen LogP contribution in [-0.2, 0) is 10.0 Å². The largest absolute Gasteiger partial charge is 0.369 e. The van der Waals surface area contributed by atoms with Crippen molar-refractivity contribution in [1.29, 1.82) is 0 Å². The quantitative estimate of drug-likeness (QED) is 0.930. The van der Waals surface area contributed by atoms with Gasteiger partial charge in [-0.25, -0.2) is 17.5 Å². The molecule has 110 valence electrons. The van der Waals surface area contributed by atoms with Gasteiger partial charge in [0.1, 0.15) is 5.82 Å². The Hall–Kier alpha value is -1.14. The number of sulfonamides is 1. The summed E-state index contributed by atoms with van der Waals surface area (Å²) < 4.78 is 39.8. The summed E-state index contributed by atoms with van der Waals surface area (Å²) in [6.45, 7) is 1.73. The van der Waals surface area contributed by atoms with Crippen LogP contribution in [0.4, 0.5) is 10.1 Å². The Bertz CT molecular complexity index is 626. The molecule has 2 aliphatic rings. The summed E-state index contributed by atoms with van der Waals surface area (Å²) in [5.74, 6) is -0.459. The molecule has 0 unspecified atom stereocenters. The van der Waals surface area contributed by atoms with Crippen molar-refractivity contribution in [2.75, 3.05) is 25.0 Å². The lowest BCUT2D eigenvalue weighted by atomic mass is 9.94. The maximum atomic E-state index is 14.2. The first-order valence-electron chi connectivity index (χ1n) is 6.94. The van der Waals surface area contributed by atoms with Crippen LogP contribution in [0.3, 0.4) is 0 Å². The number of rotatable bonds is 3. The minimum Gasteiger partial charge on any atom is -0.369 e. The van der Waals surface area contributed by atoms with Crippen molar-refractivity contribution < 1.29 is 12.8 Å². The average Bonchev–Trinajstić information content (AvgIpc) is 3.17. The molecule has 1 aromatic rings. The average molecular weight is 298 g/mol. The van der Waals surface area contributed by atoms with Gasteiger partial charge in [0.25, 0.3) is 0 Å². The molecule has 0 amide bonds. The lowest BCUT2D eigenvalue weighted by molar-refractivity contribution is 0.392. The fraction of sp³-hybridized carbons (Fsp3) is 0.571. The summed E-state index contributed by atoms with van der Waals surface area (Å²) in [5, 5.41) is 0. The molecule has 1 saturated heterocycles. The summed E-state index contributed by atoms with van der Waals surface area (Å²) in [7, 11) is -2.27. The van der Waals surface area contributed by atoms with E-state index in [1.54, 1.807) is 6.07 Å². The molecule has 1 N–H and O–H groups in total. The van der Waals surface area contributed by atoms with Crippen molar-refractivity contribution in [1.82, 2.24) is 4.72 Å². The second kappa shape index (κ2) is 4.70. The number of piperidine rings is 1. The van der Waals surface area contributed by atoms with Gasteiger partial charge in [0.2, 0.25) is 10.0 Å². The first kappa shape index (κ1) is 13.8. The SMILES string of the molecule is CNS(=O)(=O)c1ccc(N2CCCC3(CC3)C2)c(F)c1. The fourth-order valence-corrected chi connectivity index (χ4v) is 3.77. The van der Waals surface area contributed by atoms with Crippen molar-refractivity contribution in [3.63, 3.8) is 0 Å². The minimum absolute atomic E-state index is 0.0283. The third kappa shape index (κ3) is 2.42. The zero-order valence-corrected chi connectivity index (χ0v) is 12.3. The summed E-state index contributed by atoms with van der Waals surface area (Å²) in [6.07, 6.45) is 4.78. The van der Waals surface area contributed by atoms with E-state index in [2.05, 4.69) is 9.62 Å². The van der Waals surface area contributed by atoms with Crippen molar-refractivity contribution >= 4 is 15.7 Å². The van der Waals surface area contributed by atoms with E-state index in [1.165, 1.54) is 32.4 Å². The van der Waals surface area contributed by atoms with Gasteiger partial charge in [0.15, 0.2) is 0 Å². The maximum absolute atomic E-state index is 14.2. The third-order valence-corrected chi connectivity index (χ3v) is 5.87. The van der Waals surface area contributed by atoms with Crippen molar-refractivity contribution in [2.24, 2.45) is 5.41 Å². The number of hydrogen-bond donors (Lipinski definition) is 1. The second-order valence-electron chi connectivity index (χ2n) is 5.85. The van der Waals surface area contributed by atoms with Gasteiger partial charge in [-0.1, -0.05) is 0 Å². The molecular formula is C14H19FN2O2S. The lowest BCUT2D eigenvalue weighted by Gasteiger charge is -2.35. The number of anilines is 1. The Kier molecular flexibility index (Phi) is 3.25. The highest BCUT2D eigenvalue weighted by Gasteiger charge is 2.45. The molecular weight excluding hydrogens is 279 g/mol. The molecule has 6 heteroatoms. The van der Waals surface area contributed by atoms with E-state index >= 15 is 0 Å². The van der Waals surface area contributed by atoms with E-state index < -0.39 is 15.8 Å². The molecule has 0 bridgehead atoms. The van der Waals surface area contributed by atoms with Gasteiger partial charge in [-0.2, -0.15) is 0 Å². The van der Waals surface area contributed by atoms with Crippen LogP contribution >= 0.6 is 0 Å². The van der Waals surface area contributed by atoms with Crippen molar-refractivity contribution in [3.05, 3.63) is 24.0 Å². The van der Waals surface area contributed by atoms with E-state index in [9.17, 15) is 12.8 Å². The van der Waals surface area contributed by atoms with Crippen LogP contribution in [0.5, 0.6) is 0 Å². The van der Waals surface area contributed by atoms with Gasteiger partial charge in [-0.15, -0.1) is 0 Å². The van der Waals surface area contributed by atoms with Gasteiger partial charge in [0, 0.05) is 13.1 Å². The summed E-state index contributed by atoms with van der Waals surface area (Å²) in [5.41, 5.74) is 0.923. The van der Waals surface area contributed by atoms with E-state index in [1.807, 2.05) is 0 Å². The van der Waals surface area contributed by atoms with Crippen LogP contribution in [0.1, 0.15) is 25.7 Å².